The highest BCUT2D eigenvalue weighted by molar-refractivity contribution is 5.92. The molecular formula is C30H34N2O6. The van der Waals surface area contributed by atoms with Crippen LogP contribution in [0.5, 0.6) is 11.5 Å². The Morgan fingerprint density at radius 3 is 2.82 bits per heavy atom. The van der Waals surface area contributed by atoms with Gasteiger partial charge in [-0.1, -0.05) is 19.4 Å². The van der Waals surface area contributed by atoms with E-state index < -0.39 is 0 Å². The van der Waals surface area contributed by atoms with Gasteiger partial charge in [-0.25, -0.2) is 4.79 Å². The molecule has 1 saturated heterocycles. The fraction of sp³-hybridized carbons (Fsp3) is 0.500. The maximum atomic E-state index is 13.4. The van der Waals surface area contributed by atoms with Crippen LogP contribution in [-0.2, 0) is 24.2 Å². The lowest BCUT2D eigenvalue weighted by Crippen LogP contribution is -2.50. The highest BCUT2D eigenvalue weighted by Crippen LogP contribution is 2.43. The molecule has 0 aliphatic carbocycles. The average Bonchev–Trinajstić information content (AvgIpc) is 2.87. The Labute approximate surface area is 221 Å². The molecule has 8 nitrogen and oxygen atoms in total. The molecule has 8 heteroatoms. The van der Waals surface area contributed by atoms with Crippen LogP contribution >= 0.6 is 0 Å². The molecule has 200 valence electrons. The Bertz CT molecular complexity index is 1530. The molecule has 2 atom stereocenters. The number of nitrogens with zero attached hydrogens (tertiary/aromatic N) is 2. The highest BCUT2D eigenvalue weighted by atomic mass is 16.5. The fourth-order valence-corrected chi connectivity index (χ4v) is 6.43. The zero-order chi connectivity index (χ0) is 26.6. The number of pyridine rings is 1. The molecule has 3 aliphatic rings. The number of carbonyl (C=O) groups excluding carboxylic acids is 1. The first-order chi connectivity index (χ1) is 18.2. The lowest BCUT2D eigenvalue weighted by atomic mass is 9.83. The molecule has 0 saturated carbocycles. The van der Waals surface area contributed by atoms with E-state index in [9.17, 15) is 14.4 Å². The summed E-state index contributed by atoms with van der Waals surface area (Å²) in [6.45, 7) is 7.83. The minimum absolute atomic E-state index is 0.0273. The summed E-state index contributed by atoms with van der Waals surface area (Å²) in [5.41, 5.74) is 2.55. The van der Waals surface area contributed by atoms with E-state index in [1.54, 1.807) is 12.1 Å². The summed E-state index contributed by atoms with van der Waals surface area (Å²) < 4.78 is 20.1. The van der Waals surface area contributed by atoms with Gasteiger partial charge in [0.15, 0.2) is 6.61 Å². The maximum Gasteiger partial charge on any atom is 0.336 e. The topological polar surface area (TPSA) is 91.0 Å². The number of aromatic nitrogens is 1. The predicted octanol–water partition coefficient (Wildman–Crippen LogP) is 4.04. The monoisotopic (exact) mass is 518 g/mol. The third kappa shape index (κ3) is 4.40. The maximum absolute atomic E-state index is 13.4. The van der Waals surface area contributed by atoms with Crippen molar-refractivity contribution in [3.05, 3.63) is 67.9 Å². The zero-order valence-electron chi connectivity index (χ0n) is 22.2. The van der Waals surface area contributed by atoms with Crippen LogP contribution in [0.1, 0.15) is 62.8 Å². The summed E-state index contributed by atoms with van der Waals surface area (Å²) in [5, 5.41) is 0.755. The van der Waals surface area contributed by atoms with Crippen molar-refractivity contribution >= 4 is 16.9 Å². The van der Waals surface area contributed by atoms with Crippen molar-refractivity contribution in [1.82, 2.24) is 9.47 Å². The molecule has 0 unspecified atom stereocenters. The number of aryl methyl sites for hydroxylation is 2. The predicted molar refractivity (Wildman–Crippen MR) is 143 cm³/mol. The van der Waals surface area contributed by atoms with Crippen molar-refractivity contribution in [1.29, 1.82) is 0 Å². The van der Waals surface area contributed by atoms with Gasteiger partial charge in [0, 0.05) is 55.0 Å². The van der Waals surface area contributed by atoms with Gasteiger partial charge >= 0.3 is 5.63 Å². The van der Waals surface area contributed by atoms with Crippen LogP contribution in [0.15, 0.2) is 44.3 Å². The summed E-state index contributed by atoms with van der Waals surface area (Å²) >= 11 is 0. The van der Waals surface area contributed by atoms with Crippen LogP contribution in [0.4, 0.5) is 0 Å². The number of likely N-dealkylation sites (tertiary alicyclic amines) is 1. The van der Waals surface area contributed by atoms with Gasteiger partial charge in [0.05, 0.1) is 5.39 Å². The summed E-state index contributed by atoms with van der Waals surface area (Å²) in [6, 6.07) is 8.79. The second-order valence-corrected chi connectivity index (χ2v) is 11.5. The first kappa shape index (κ1) is 24.8. The van der Waals surface area contributed by atoms with Gasteiger partial charge in [0.2, 0.25) is 0 Å². The van der Waals surface area contributed by atoms with E-state index in [-0.39, 0.29) is 41.1 Å². The van der Waals surface area contributed by atoms with Gasteiger partial charge in [-0.3, -0.25) is 9.59 Å². The third-order valence-corrected chi connectivity index (χ3v) is 8.19. The Balaban J connectivity index is 1.29. The quantitative estimate of drug-likeness (QED) is 0.474. The molecule has 0 spiro atoms. The van der Waals surface area contributed by atoms with E-state index in [1.165, 1.54) is 6.07 Å². The molecule has 38 heavy (non-hydrogen) atoms. The molecular weight excluding hydrogens is 484 g/mol. The second-order valence-electron chi connectivity index (χ2n) is 11.5. The average molecular weight is 519 g/mol. The molecule has 1 amide bonds. The Kier molecular flexibility index (Phi) is 6.08. The first-order valence-electron chi connectivity index (χ1n) is 13.6. The summed E-state index contributed by atoms with van der Waals surface area (Å²) in [6.07, 6.45) is 4.08. The standard InChI is InChI=1S/C30H34N2O6/c1-4-6-19-12-27(35)37-29-21-9-10-30(2,3)38-23(21)13-24(28(19)29)36-17-26(34)31-14-18-11-20(16-31)22-7-5-8-25(33)32(22)15-18/h5,7-8,12-13,18,20H,4,6,9-11,14-17H2,1-3H3/t18-,20-/m0/s1. The van der Waals surface area contributed by atoms with Gasteiger partial charge in [-0.2, -0.15) is 0 Å². The van der Waals surface area contributed by atoms with Gasteiger partial charge in [-0.05, 0) is 57.1 Å². The van der Waals surface area contributed by atoms with E-state index in [2.05, 4.69) is 6.92 Å². The highest BCUT2D eigenvalue weighted by Gasteiger charge is 2.36. The van der Waals surface area contributed by atoms with E-state index in [0.717, 1.165) is 47.9 Å². The van der Waals surface area contributed by atoms with Crippen molar-refractivity contribution in [2.45, 2.75) is 70.9 Å². The summed E-state index contributed by atoms with van der Waals surface area (Å²) in [7, 11) is 0. The van der Waals surface area contributed by atoms with E-state index in [1.807, 2.05) is 35.4 Å². The van der Waals surface area contributed by atoms with Crippen molar-refractivity contribution < 1.29 is 18.7 Å². The second kappa shape index (κ2) is 9.33. The van der Waals surface area contributed by atoms with Crippen molar-refractivity contribution in [2.24, 2.45) is 5.92 Å². The summed E-state index contributed by atoms with van der Waals surface area (Å²) in [5.74, 6) is 1.45. The van der Waals surface area contributed by atoms with Crippen LogP contribution < -0.4 is 20.7 Å². The van der Waals surface area contributed by atoms with Crippen LogP contribution in [-0.4, -0.2) is 40.7 Å². The third-order valence-electron chi connectivity index (χ3n) is 8.19. The SMILES string of the molecule is CCCc1cc(=O)oc2c3c(cc(OCC(=O)N4C[C@@H]5C[C@@H](C4)c4cccc(=O)n4C5)c12)OC(C)(C)CC3. The molecule has 0 radical (unpaired) electrons. The van der Waals surface area contributed by atoms with E-state index >= 15 is 0 Å². The minimum Gasteiger partial charge on any atom is -0.487 e. The molecule has 1 aromatic carbocycles. The van der Waals surface area contributed by atoms with Gasteiger partial charge in [-0.15, -0.1) is 0 Å². The number of fused-ring (bicyclic) bond motifs is 7. The number of carbonyl (C=O) groups is 1. The van der Waals surface area contributed by atoms with Gasteiger partial charge < -0.3 is 23.4 Å². The van der Waals surface area contributed by atoms with Gasteiger partial charge in [0.25, 0.3) is 11.5 Å². The van der Waals surface area contributed by atoms with Crippen LogP contribution in [0.25, 0.3) is 11.0 Å². The zero-order valence-corrected chi connectivity index (χ0v) is 22.2. The van der Waals surface area contributed by atoms with E-state index in [0.29, 0.717) is 43.1 Å². The largest absolute Gasteiger partial charge is 0.487 e. The normalized spacial score (nSPS) is 21.4. The first-order valence-corrected chi connectivity index (χ1v) is 13.6. The molecule has 3 aromatic rings. The Hall–Kier alpha value is -3.55. The molecule has 1 fully saturated rings. The smallest absolute Gasteiger partial charge is 0.336 e. The summed E-state index contributed by atoms with van der Waals surface area (Å²) in [4.78, 5) is 40.1. The van der Waals surface area contributed by atoms with Crippen LogP contribution in [0, 0.1) is 5.92 Å². The number of amides is 1. The van der Waals surface area contributed by atoms with Crippen molar-refractivity contribution in [2.75, 3.05) is 19.7 Å². The lowest BCUT2D eigenvalue weighted by Gasteiger charge is -2.42. The van der Waals surface area contributed by atoms with Crippen LogP contribution in [0.2, 0.25) is 0 Å². The molecule has 5 heterocycles. The fourth-order valence-electron chi connectivity index (χ4n) is 6.43. The number of rotatable bonds is 5. The Morgan fingerprint density at radius 1 is 1.16 bits per heavy atom. The van der Waals surface area contributed by atoms with E-state index in [4.69, 9.17) is 13.9 Å². The van der Waals surface area contributed by atoms with Gasteiger partial charge in [0.1, 0.15) is 22.7 Å². The molecule has 6 rings (SSSR count). The van der Waals surface area contributed by atoms with Crippen molar-refractivity contribution in [3.8, 4) is 11.5 Å². The number of ether oxygens (including phenoxy) is 2. The number of hydrogen-bond acceptors (Lipinski definition) is 6. The Morgan fingerprint density at radius 2 is 2.00 bits per heavy atom. The molecule has 2 bridgehead atoms. The van der Waals surface area contributed by atoms with Crippen molar-refractivity contribution in [3.63, 3.8) is 0 Å². The lowest BCUT2D eigenvalue weighted by molar-refractivity contribution is -0.136. The number of piperidine rings is 1. The molecule has 0 N–H and O–H groups in total. The minimum atomic E-state index is -0.388. The molecule has 3 aliphatic heterocycles. The number of benzene rings is 1. The van der Waals surface area contributed by atoms with Crippen LogP contribution in [0.3, 0.4) is 0 Å². The molecule has 2 aromatic heterocycles. The number of hydrogen-bond donors (Lipinski definition) is 0.